The van der Waals surface area contributed by atoms with E-state index < -0.39 is 16.6 Å². The number of non-ortho nitro benzene ring substituents is 1. The molecule has 0 saturated carbocycles. The molecule has 1 aromatic heterocycles. The van der Waals surface area contributed by atoms with Crippen LogP contribution < -0.4 is 5.76 Å². The normalized spacial score (nSPS) is 10.6. The monoisotopic (exact) mass is 236 g/mol. The molecule has 0 aliphatic carbocycles. The molecule has 17 heavy (non-hydrogen) atoms. The van der Waals surface area contributed by atoms with Crippen LogP contribution in [-0.4, -0.2) is 15.4 Å². The van der Waals surface area contributed by atoms with E-state index in [0.29, 0.717) is 0 Å². The van der Waals surface area contributed by atoms with E-state index in [1.165, 1.54) is 12.1 Å². The first-order valence-electron chi connectivity index (χ1n) is 4.87. The molecule has 0 spiro atoms. The molecule has 1 aromatic carbocycles. The Bertz CT molecular complexity index is 667. The summed E-state index contributed by atoms with van der Waals surface area (Å²) in [6.07, 6.45) is 0.108. The van der Waals surface area contributed by atoms with Gasteiger partial charge in [-0.1, -0.05) is 6.92 Å². The molecule has 0 radical (unpaired) electrons. The van der Waals surface area contributed by atoms with E-state index in [4.69, 9.17) is 4.42 Å². The van der Waals surface area contributed by atoms with Crippen LogP contribution in [0, 0.1) is 10.1 Å². The van der Waals surface area contributed by atoms with E-state index >= 15 is 0 Å². The van der Waals surface area contributed by atoms with Gasteiger partial charge in [0, 0.05) is 18.6 Å². The lowest BCUT2D eigenvalue weighted by Crippen LogP contribution is -2.21. The van der Waals surface area contributed by atoms with Crippen molar-refractivity contribution in [1.29, 1.82) is 0 Å². The Morgan fingerprint density at radius 3 is 2.82 bits per heavy atom. The summed E-state index contributed by atoms with van der Waals surface area (Å²) in [5.74, 6) is -1.29. The van der Waals surface area contributed by atoms with Crippen LogP contribution >= 0.6 is 0 Å². The van der Waals surface area contributed by atoms with E-state index in [-0.39, 0.29) is 23.2 Å². The second-order valence-electron chi connectivity index (χ2n) is 3.36. The molecule has 7 nitrogen and oxygen atoms in total. The predicted octanol–water partition coefficient (Wildman–Crippen LogP) is 1.55. The van der Waals surface area contributed by atoms with E-state index in [9.17, 15) is 19.7 Å². The summed E-state index contributed by atoms with van der Waals surface area (Å²) >= 11 is 0. The standard InChI is InChI=1S/C10H8N2O5/c1-2-9(13)11-7-5-6(12(15)16)3-4-8(7)17-10(11)14/h3-5H,2H2,1H3. The van der Waals surface area contributed by atoms with Crippen molar-refractivity contribution in [3.63, 3.8) is 0 Å². The topological polar surface area (TPSA) is 95.3 Å². The summed E-state index contributed by atoms with van der Waals surface area (Å²) < 4.78 is 5.63. The number of nitro groups is 1. The van der Waals surface area contributed by atoms with Crippen LogP contribution in [0.4, 0.5) is 5.69 Å². The van der Waals surface area contributed by atoms with Crippen LogP contribution in [0.25, 0.3) is 11.1 Å². The lowest BCUT2D eigenvalue weighted by atomic mass is 10.3. The molecule has 0 aliphatic rings. The van der Waals surface area contributed by atoms with Gasteiger partial charge in [-0.3, -0.25) is 14.9 Å². The van der Waals surface area contributed by atoms with E-state index in [1.807, 2.05) is 0 Å². The second kappa shape index (κ2) is 3.85. The predicted molar refractivity (Wildman–Crippen MR) is 58.0 cm³/mol. The van der Waals surface area contributed by atoms with Crippen molar-refractivity contribution in [2.24, 2.45) is 0 Å². The van der Waals surface area contributed by atoms with Gasteiger partial charge in [0.1, 0.15) is 5.52 Å². The van der Waals surface area contributed by atoms with Gasteiger partial charge in [-0.2, -0.15) is 0 Å². The summed E-state index contributed by atoms with van der Waals surface area (Å²) in [6.45, 7) is 1.59. The van der Waals surface area contributed by atoms with Crippen LogP contribution in [-0.2, 0) is 0 Å². The van der Waals surface area contributed by atoms with E-state index in [1.54, 1.807) is 6.92 Å². The SMILES string of the molecule is CCC(=O)n1c(=O)oc2ccc([N+](=O)[O-])cc21. The maximum Gasteiger partial charge on any atom is 0.426 e. The average Bonchev–Trinajstić information content (AvgIpc) is 2.62. The molecule has 2 aromatic rings. The Hall–Kier alpha value is -2.44. The Balaban J connectivity index is 2.78. The number of rotatable bonds is 2. The Kier molecular flexibility index (Phi) is 2.51. The van der Waals surface area contributed by atoms with Crippen LogP contribution in [0.1, 0.15) is 18.1 Å². The molecule has 88 valence electrons. The zero-order valence-corrected chi connectivity index (χ0v) is 8.87. The summed E-state index contributed by atoms with van der Waals surface area (Å²) in [4.78, 5) is 33.0. The van der Waals surface area contributed by atoms with Crippen LogP contribution in [0.3, 0.4) is 0 Å². The lowest BCUT2D eigenvalue weighted by Gasteiger charge is -1.96. The molecule has 0 bridgehead atoms. The number of nitro benzene ring substituents is 1. The molecule has 7 heteroatoms. The molecular formula is C10H8N2O5. The number of carbonyl (C=O) groups is 1. The molecule has 0 atom stereocenters. The van der Waals surface area contributed by atoms with Gasteiger partial charge in [0.15, 0.2) is 5.58 Å². The number of oxazole rings is 1. The highest BCUT2D eigenvalue weighted by Crippen LogP contribution is 2.20. The summed E-state index contributed by atoms with van der Waals surface area (Å²) in [5, 5.41) is 10.6. The van der Waals surface area contributed by atoms with Gasteiger partial charge in [-0.15, -0.1) is 0 Å². The van der Waals surface area contributed by atoms with E-state index in [0.717, 1.165) is 10.6 Å². The van der Waals surface area contributed by atoms with Gasteiger partial charge in [0.2, 0.25) is 5.91 Å². The summed E-state index contributed by atoms with van der Waals surface area (Å²) in [6, 6.07) is 3.66. The number of fused-ring (bicyclic) bond motifs is 1. The molecule has 0 N–H and O–H groups in total. The first-order chi connectivity index (χ1) is 8.04. The summed E-state index contributed by atoms with van der Waals surface area (Å²) in [5.41, 5.74) is 0.0782. The van der Waals surface area contributed by atoms with Gasteiger partial charge in [-0.05, 0) is 6.07 Å². The fourth-order valence-electron chi connectivity index (χ4n) is 1.51. The van der Waals surface area contributed by atoms with Crippen molar-refractivity contribution in [1.82, 2.24) is 4.57 Å². The van der Waals surface area contributed by atoms with Crippen molar-refractivity contribution in [3.8, 4) is 0 Å². The van der Waals surface area contributed by atoms with Gasteiger partial charge < -0.3 is 4.42 Å². The molecule has 0 aliphatic heterocycles. The zero-order valence-electron chi connectivity index (χ0n) is 8.87. The number of aromatic nitrogens is 1. The maximum absolute atomic E-state index is 11.5. The highest BCUT2D eigenvalue weighted by atomic mass is 16.6. The highest BCUT2D eigenvalue weighted by Gasteiger charge is 2.17. The van der Waals surface area contributed by atoms with Gasteiger partial charge in [-0.25, -0.2) is 9.36 Å². The van der Waals surface area contributed by atoms with Crippen LogP contribution in [0.15, 0.2) is 27.4 Å². The average molecular weight is 236 g/mol. The number of benzene rings is 1. The molecule has 0 amide bonds. The summed E-state index contributed by atoms with van der Waals surface area (Å²) in [7, 11) is 0. The Labute approximate surface area is 94.4 Å². The minimum absolute atomic E-state index is 0.108. The number of nitrogens with zero attached hydrogens (tertiary/aromatic N) is 2. The van der Waals surface area contributed by atoms with Gasteiger partial charge in [0.25, 0.3) is 5.69 Å². The molecule has 1 heterocycles. The first-order valence-corrected chi connectivity index (χ1v) is 4.87. The fraction of sp³-hybridized carbons (Fsp3) is 0.200. The van der Waals surface area contributed by atoms with Crippen molar-refractivity contribution in [2.45, 2.75) is 13.3 Å². The fourth-order valence-corrected chi connectivity index (χ4v) is 1.51. The highest BCUT2D eigenvalue weighted by molar-refractivity contribution is 5.89. The van der Waals surface area contributed by atoms with Crippen molar-refractivity contribution in [3.05, 3.63) is 38.9 Å². The lowest BCUT2D eigenvalue weighted by molar-refractivity contribution is -0.384. The van der Waals surface area contributed by atoms with Crippen LogP contribution in [0.2, 0.25) is 0 Å². The number of hydrogen-bond donors (Lipinski definition) is 0. The third kappa shape index (κ3) is 1.71. The smallest absolute Gasteiger partial charge is 0.407 e. The quantitative estimate of drug-likeness (QED) is 0.582. The van der Waals surface area contributed by atoms with Gasteiger partial charge >= 0.3 is 5.76 Å². The number of carbonyl (C=O) groups excluding carboxylic acids is 1. The number of hydrogen-bond acceptors (Lipinski definition) is 5. The molecule has 0 fully saturated rings. The largest absolute Gasteiger partial charge is 0.426 e. The van der Waals surface area contributed by atoms with Crippen molar-refractivity contribution < 1.29 is 14.1 Å². The zero-order chi connectivity index (χ0) is 12.6. The van der Waals surface area contributed by atoms with E-state index in [2.05, 4.69) is 0 Å². The molecule has 2 rings (SSSR count). The molecule has 0 unspecified atom stereocenters. The van der Waals surface area contributed by atoms with Crippen molar-refractivity contribution in [2.75, 3.05) is 0 Å². The first kappa shape index (κ1) is 11.1. The third-order valence-corrected chi connectivity index (χ3v) is 2.33. The second-order valence-corrected chi connectivity index (χ2v) is 3.36. The Morgan fingerprint density at radius 2 is 2.24 bits per heavy atom. The maximum atomic E-state index is 11.5. The molecular weight excluding hydrogens is 228 g/mol. The van der Waals surface area contributed by atoms with Crippen molar-refractivity contribution >= 4 is 22.7 Å². The van der Waals surface area contributed by atoms with Gasteiger partial charge in [0.05, 0.1) is 4.92 Å². The third-order valence-electron chi connectivity index (χ3n) is 2.33. The minimum atomic E-state index is -0.827. The van der Waals surface area contributed by atoms with Crippen LogP contribution in [0.5, 0.6) is 0 Å². The Morgan fingerprint density at radius 1 is 1.53 bits per heavy atom. The molecule has 0 saturated heterocycles. The minimum Gasteiger partial charge on any atom is -0.407 e.